The summed E-state index contributed by atoms with van der Waals surface area (Å²) in [7, 11) is 0. The van der Waals surface area contributed by atoms with Crippen molar-refractivity contribution in [2.24, 2.45) is 0 Å². The van der Waals surface area contributed by atoms with Crippen molar-refractivity contribution in [1.29, 1.82) is 5.26 Å². The number of nitrogens with zero attached hydrogens (tertiary/aromatic N) is 3. The second-order valence-electron chi connectivity index (χ2n) is 4.09. The molecule has 1 fully saturated rings. The molecule has 0 aromatic carbocycles. The van der Waals surface area contributed by atoms with Crippen LogP contribution in [0.4, 0.5) is 5.82 Å². The van der Waals surface area contributed by atoms with Crippen LogP contribution in [0.25, 0.3) is 0 Å². The van der Waals surface area contributed by atoms with Crippen LogP contribution < -0.4 is 11.4 Å². The van der Waals surface area contributed by atoms with Gasteiger partial charge in [0.25, 0.3) is 5.72 Å². The zero-order valence-electron chi connectivity index (χ0n) is 9.67. The van der Waals surface area contributed by atoms with Gasteiger partial charge in [-0.2, -0.15) is 10.2 Å². The minimum atomic E-state index is -2.15. The quantitative estimate of drug-likeness (QED) is 0.445. The first-order valence-corrected chi connectivity index (χ1v) is 5.38. The molecule has 9 nitrogen and oxygen atoms in total. The van der Waals surface area contributed by atoms with Gasteiger partial charge in [-0.25, -0.2) is 4.79 Å². The molecule has 0 bridgehead atoms. The van der Waals surface area contributed by atoms with Gasteiger partial charge in [-0.1, -0.05) is 0 Å². The summed E-state index contributed by atoms with van der Waals surface area (Å²) in [4.78, 5) is 15.1. The number of nitriles is 1. The topological polar surface area (TPSA) is 155 Å². The van der Waals surface area contributed by atoms with E-state index in [0.29, 0.717) is 0 Å². The van der Waals surface area contributed by atoms with Crippen LogP contribution in [-0.4, -0.2) is 49.8 Å². The maximum Gasteiger partial charge on any atom is 0.352 e. The molecule has 19 heavy (non-hydrogen) atoms. The Kier molecular flexibility index (Phi) is 3.25. The van der Waals surface area contributed by atoms with Gasteiger partial charge in [-0.3, -0.25) is 4.57 Å². The lowest BCUT2D eigenvalue weighted by atomic mass is 10.0. The number of aromatic nitrogens is 2. The van der Waals surface area contributed by atoms with Gasteiger partial charge in [0, 0.05) is 6.20 Å². The summed E-state index contributed by atoms with van der Waals surface area (Å²) in [6.07, 6.45) is -3.27. The van der Waals surface area contributed by atoms with Gasteiger partial charge < -0.3 is 25.8 Å². The number of nitrogen functional groups attached to an aromatic ring is 1. The van der Waals surface area contributed by atoms with E-state index in [1.165, 1.54) is 6.07 Å². The first kappa shape index (κ1) is 13.4. The second-order valence-corrected chi connectivity index (χ2v) is 4.09. The van der Waals surface area contributed by atoms with Crippen LogP contribution in [0, 0.1) is 11.3 Å². The zero-order chi connectivity index (χ0) is 14.2. The fraction of sp³-hybridized carbons (Fsp3) is 0.500. The Morgan fingerprint density at radius 1 is 1.63 bits per heavy atom. The number of ether oxygens (including phenoxy) is 1. The van der Waals surface area contributed by atoms with Gasteiger partial charge in [0.15, 0.2) is 0 Å². The molecule has 1 aromatic heterocycles. The molecule has 0 spiro atoms. The molecule has 2 heterocycles. The summed E-state index contributed by atoms with van der Waals surface area (Å²) in [5, 5.41) is 37.8. The summed E-state index contributed by atoms with van der Waals surface area (Å²) in [5.74, 6) is -0.0546. The molecule has 4 atom stereocenters. The van der Waals surface area contributed by atoms with Crippen molar-refractivity contribution in [3.8, 4) is 6.07 Å². The lowest BCUT2D eigenvalue weighted by Crippen LogP contribution is -2.49. The highest BCUT2D eigenvalue weighted by Gasteiger charge is 2.56. The Morgan fingerprint density at radius 3 is 2.79 bits per heavy atom. The molecule has 0 unspecified atom stereocenters. The number of anilines is 1. The molecule has 0 saturated carbocycles. The standard InChI is InChI=1S/C10H12N4O5/c11-4-10(8(17)7(16)5(3-15)19-10)14-2-1-6(12)13-9(14)18/h1-2,5,7-8,15-17H,3H2,(H2,12,13,18)/t5-,7-,8+,10-/m1/s1. The van der Waals surface area contributed by atoms with Crippen LogP contribution in [0.5, 0.6) is 0 Å². The van der Waals surface area contributed by atoms with E-state index in [4.69, 9.17) is 15.6 Å². The highest BCUT2D eigenvalue weighted by atomic mass is 16.6. The van der Waals surface area contributed by atoms with Crippen LogP contribution in [-0.2, 0) is 10.5 Å². The minimum absolute atomic E-state index is 0.0546. The van der Waals surface area contributed by atoms with Gasteiger partial charge in [-0.15, -0.1) is 0 Å². The first-order chi connectivity index (χ1) is 8.96. The van der Waals surface area contributed by atoms with Crippen LogP contribution in [0.3, 0.4) is 0 Å². The predicted octanol–water partition coefficient (Wildman–Crippen LogP) is -2.89. The summed E-state index contributed by atoms with van der Waals surface area (Å²) < 4.78 is 5.88. The third kappa shape index (κ3) is 1.87. The highest BCUT2D eigenvalue weighted by Crippen LogP contribution is 2.34. The Balaban J connectivity index is 2.56. The third-order valence-corrected chi connectivity index (χ3v) is 2.96. The van der Waals surface area contributed by atoms with Gasteiger partial charge in [0.1, 0.15) is 30.2 Å². The molecular weight excluding hydrogens is 256 g/mol. The van der Waals surface area contributed by atoms with Crippen molar-refractivity contribution >= 4 is 5.82 Å². The van der Waals surface area contributed by atoms with E-state index in [2.05, 4.69) is 4.98 Å². The van der Waals surface area contributed by atoms with E-state index in [1.54, 1.807) is 6.07 Å². The molecule has 1 aliphatic heterocycles. The second kappa shape index (κ2) is 4.60. The molecule has 0 amide bonds. The Labute approximate surface area is 107 Å². The minimum Gasteiger partial charge on any atom is -0.394 e. The van der Waals surface area contributed by atoms with Gasteiger partial charge in [0.05, 0.1) is 6.61 Å². The van der Waals surface area contributed by atoms with E-state index in [9.17, 15) is 20.3 Å². The molecule has 1 aliphatic rings. The summed E-state index contributed by atoms with van der Waals surface area (Å²) in [5.41, 5.74) is 2.27. The van der Waals surface area contributed by atoms with Gasteiger partial charge in [0.2, 0.25) is 0 Å². The monoisotopic (exact) mass is 268 g/mol. The first-order valence-electron chi connectivity index (χ1n) is 5.38. The molecule has 2 rings (SSSR count). The smallest absolute Gasteiger partial charge is 0.352 e. The SMILES string of the molecule is N#C[C@@]1(n2ccc(N)nc2=O)O[C@H](CO)[C@@H](O)[C@@H]1O. The van der Waals surface area contributed by atoms with Gasteiger partial charge >= 0.3 is 5.69 Å². The Bertz CT molecular complexity index is 582. The van der Waals surface area contributed by atoms with Crippen molar-refractivity contribution < 1.29 is 20.1 Å². The summed E-state index contributed by atoms with van der Waals surface area (Å²) in [6, 6.07) is 2.88. The average Bonchev–Trinajstić information content (AvgIpc) is 2.64. The van der Waals surface area contributed by atoms with Crippen LogP contribution in [0.1, 0.15) is 0 Å². The van der Waals surface area contributed by atoms with Crippen LogP contribution >= 0.6 is 0 Å². The van der Waals surface area contributed by atoms with E-state index in [0.717, 1.165) is 10.8 Å². The van der Waals surface area contributed by atoms with Crippen LogP contribution in [0.2, 0.25) is 0 Å². The Hall–Kier alpha value is -1.99. The molecular formula is C10H12N4O5. The molecule has 1 aromatic rings. The van der Waals surface area contributed by atoms with Gasteiger partial charge in [-0.05, 0) is 6.07 Å². The molecule has 102 valence electrons. The van der Waals surface area contributed by atoms with Crippen molar-refractivity contribution in [2.75, 3.05) is 12.3 Å². The predicted molar refractivity (Wildman–Crippen MR) is 60.5 cm³/mol. The molecule has 9 heteroatoms. The molecule has 0 aliphatic carbocycles. The maximum absolute atomic E-state index is 11.7. The third-order valence-electron chi connectivity index (χ3n) is 2.96. The number of aliphatic hydroxyl groups excluding tert-OH is 3. The molecule has 1 saturated heterocycles. The number of hydrogen-bond donors (Lipinski definition) is 4. The fourth-order valence-electron chi connectivity index (χ4n) is 1.96. The maximum atomic E-state index is 11.7. The van der Waals surface area contributed by atoms with Crippen molar-refractivity contribution in [1.82, 2.24) is 9.55 Å². The summed E-state index contributed by atoms with van der Waals surface area (Å²) in [6.45, 7) is -0.612. The van der Waals surface area contributed by atoms with Crippen molar-refractivity contribution in [3.05, 3.63) is 22.7 Å². The van der Waals surface area contributed by atoms with Crippen molar-refractivity contribution in [2.45, 2.75) is 24.0 Å². The van der Waals surface area contributed by atoms with E-state index in [-0.39, 0.29) is 5.82 Å². The number of rotatable bonds is 2. The number of hydrogen-bond acceptors (Lipinski definition) is 8. The fourth-order valence-corrected chi connectivity index (χ4v) is 1.96. The number of aliphatic hydroxyl groups is 3. The van der Waals surface area contributed by atoms with E-state index < -0.39 is 36.3 Å². The normalized spacial score (nSPS) is 34.1. The van der Waals surface area contributed by atoms with E-state index in [1.807, 2.05) is 0 Å². The molecule has 0 radical (unpaired) electrons. The Morgan fingerprint density at radius 2 is 2.32 bits per heavy atom. The highest BCUT2D eigenvalue weighted by molar-refractivity contribution is 5.25. The summed E-state index contributed by atoms with van der Waals surface area (Å²) >= 11 is 0. The average molecular weight is 268 g/mol. The van der Waals surface area contributed by atoms with Crippen LogP contribution in [0.15, 0.2) is 17.1 Å². The largest absolute Gasteiger partial charge is 0.394 e. The lowest BCUT2D eigenvalue weighted by Gasteiger charge is -2.26. The lowest BCUT2D eigenvalue weighted by molar-refractivity contribution is -0.109. The number of nitrogens with two attached hydrogens (primary N) is 1. The van der Waals surface area contributed by atoms with Crippen molar-refractivity contribution in [3.63, 3.8) is 0 Å². The van der Waals surface area contributed by atoms with E-state index >= 15 is 0 Å². The molecule has 5 N–H and O–H groups in total. The zero-order valence-corrected chi connectivity index (χ0v) is 9.67.